The van der Waals surface area contributed by atoms with Crippen molar-refractivity contribution in [2.24, 2.45) is 0 Å². The fraction of sp³-hybridized carbons (Fsp3) is 0.429. The number of phenols is 1. The second-order valence-corrected chi connectivity index (χ2v) is 5.68. The van der Waals surface area contributed by atoms with E-state index in [2.05, 4.69) is 25.7 Å². The Hall–Kier alpha value is -1.76. The first kappa shape index (κ1) is 18.3. The summed E-state index contributed by atoms with van der Waals surface area (Å²) in [6.45, 7) is 6.08. The highest BCUT2D eigenvalue weighted by atomic mass is 16.3. The van der Waals surface area contributed by atoms with Gasteiger partial charge in [-0.1, -0.05) is 94.5 Å². The molecule has 0 saturated carbocycles. The van der Waals surface area contributed by atoms with Gasteiger partial charge in [0.2, 0.25) is 0 Å². The number of para-hydroxylation sites is 1. The topological polar surface area (TPSA) is 20.2 Å². The predicted molar refractivity (Wildman–Crippen MR) is 98.0 cm³/mol. The predicted octanol–water partition coefficient (Wildman–Crippen LogP) is 6.66. The Balaban J connectivity index is 2.30. The van der Waals surface area contributed by atoms with Gasteiger partial charge in [-0.2, -0.15) is 0 Å². The van der Waals surface area contributed by atoms with Gasteiger partial charge >= 0.3 is 0 Å². The smallest absolute Gasteiger partial charge is 0.123 e. The average Bonchev–Trinajstić information content (AvgIpc) is 2.54. The minimum atomic E-state index is 0.300. The molecule has 0 aliphatic rings. The van der Waals surface area contributed by atoms with Gasteiger partial charge in [0.25, 0.3) is 0 Å². The molecule has 1 aromatic rings. The van der Waals surface area contributed by atoms with Gasteiger partial charge in [-0.25, -0.2) is 0 Å². The van der Waals surface area contributed by atoms with Crippen molar-refractivity contribution in [2.75, 3.05) is 0 Å². The van der Waals surface area contributed by atoms with Crippen LogP contribution < -0.4 is 0 Å². The maximum Gasteiger partial charge on any atom is 0.123 e. The molecule has 1 N–H and O–H groups in total. The fourth-order valence-corrected chi connectivity index (χ4v) is 2.47. The number of hydrogen-bond acceptors (Lipinski definition) is 1. The third-order valence-electron chi connectivity index (χ3n) is 3.82. The molecule has 0 radical (unpaired) electrons. The Morgan fingerprint density at radius 3 is 2.41 bits per heavy atom. The summed E-state index contributed by atoms with van der Waals surface area (Å²) in [6.07, 6.45) is 18.6. The highest BCUT2D eigenvalue weighted by molar-refractivity contribution is 5.78. The molecule has 0 unspecified atom stereocenters. The van der Waals surface area contributed by atoms with Gasteiger partial charge in [0, 0.05) is 5.56 Å². The maximum absolute atomic E-state index is 9.86. The van der Waals surface area contributed by atoms with Crippen LogP contribution in [0, 0.1) is 0 Å². The third kappa shape index (κ3) is 7.31. The van der Waals surface area contributed by atoms with Crippen LogP contribution in [0.15, 0.2) is 55.1 Å². The van der Waals surface area contributed by atoms with Crippen LogP contribution in [-0.4, -0.2) is 5.11 Å². The lowest BCUT2D eigenvalue weighted by Gasteiger charge is -2.03. The van der Waals surface area contributed by atoms with Crippen LogP contribution >= 0.6 is 0 Å². The molecule has 0 fully saturated rings. The first-order valence-electron chi connectivity index (χ1n) is 8.57. The second kappa shape index (κ2) is 11.9. The standard InChI is InChI=1S/C21H30O/c1-3-5-6-7-8-9-10-11-12-13-16-19(4-2)20-17-14-15-18-21(20)22/h4,12-18,22H,2-3,5-11H2,1H3. The second-order valence-electron chi connectivity index (χ2n) is 5.68. The lowest BCUT2D eigenvalue weighted by molar-refractivity contribution is 0.474. The van der Waals surface area contributed by atoms with Crippen molar-refractivity contribution < 1.29 is 5.11 Å². The molecular weight excluding hydrogens is 268 g/mol. The highest BCUT2D eigenvalue weighted by Crippen LogP contribution is 2.25. The molecule has 0 saturated heterocycles. The van der Waals surface area contributed by atoms with Gasteiger partial charge in [-0.15, -0.1) is 0 Å². The summed E-state index contributed by atoms with van der Waals surface area (Å²) in [4.78, 5) is 0. The Morgan fingerprint density at radius 1 is 1.05 bits per heavy atom. The van der Waals surface area contributed by atoms with Gasteiger partial charge in [0.05, 0.1) is 0 Å². The quantitative estimate of drug-likeness (QED) is 0.358. The summed E-state index contributed by atoms with van der Waals surface area (Å²) in [5, 5.41) is 9.86. The molecule has 0 heterocycles. The lowest BCUT2D eigenvalue weighted by atomic mass is 10.0. The van der Waals surface area contributed by atoms with Crippen molar-refractivity contribution in [1.29, 1.82) is 0 Å². The minimum Gasteiger partial charge on any atom is -0.507 e. The number of rotatable bonds is 11. The zero-order valence-corrected chi connectivity index (χ0v) is 13.9. The van der Waals surface area contributed by atoms with E-state index in [1.807, 2.05) is 24.3 Å². The number of allylic oxidation sites excluding steroid dienone is 5. The number of aromatic hydroxyl groups is 1. The molecule has 0 amide bonds. The summed E-state index contributed by atoms with van der Waals surface area (Å²) in [6, 6.07) is 7.37. The van der Waals surface area contributed by atoms with E-state index in [0.29, 0.717) is 5.75 Å². The molecule has 1 aromatic carbocycles. The Labute approximate surface area is 136 Å². The zero-order chi connectivity index (χ0) is 16.0. The van der Waals surface area contributed by atoms with Gasteiger partial charge in [0.15, 0.2) is 0 Å². The van der Waals surface area contributed by atoms with Gasteiger partial charge < -0.3 is 5.11 Å². The normalized spacial score (nSPS) is 12.0. The van der Waals surface area contributed by atoms with Crippen LogP contribution in [0.4, 0.5) is 0 Å². The number of phenolic OH excluding ortho intramolecular Hbond substituents is 1. The summed E-state index contributed by atoms with van der Waals surface area (Å²) < 4.78 is 0. The molecule has 1 rings (SSSR count). The van der Waals surface area contributed by atoms with E-state index in [4.69, 9.17) is 0 Å². The van der Waals surface area contributed by atoms with Crippen molar-refractivity contribution in [3.05, 3.63) is 60.7 Å². The van der Waals surface area contributed by atoms with Gasteiger partial charge in [0.1, 0.15) is 5.75 Å². The zero-order valence-electron chi connectivity index (χ0n) is 13.9. The SMILES string of the molecule is C=CC(=CC=CCCCCCCCCC)c1ccccc1O. The van der Waals surface area contributed by atoms with Gasteiger partial charge in [-0.3, -0.25) is 0 Å². The van der Waals surface area contributed by atoms with E-state index >= 15 is 0 Å². The van der Waals surface area contributed by atoms with E-state index in [0.717, 1.165) is 17.6 Å². The van der Waals surface area contributed by atoms with Gasteiger partial charge in [-0.05, 0) is 24.5 Å². The van der Waals surface area contributed by atoms with Crippen LogP contribution in [-0.2, 0) is 0 Å². The van der Waals surface area contributed by atoms with E-state index in [9.17, 15) is 5.11 Å². The largest absolute Gasteiger partial charge is 0.507 e. The monoisotopic (exact) mass is 298 g/mol. The molecule has 0 aliphatic heterocycles. The average molecular weight is 298 g/mol. The van der Waals surface area contributed by atoms with Crippen molar-refractivity contribution in [3.8, 4) is 5.75 Å². The van der Waals surface area contributed by atoms with Crippen molar-refractivity contribution >= 4 is 5.57 Å². The molecule has 0 aliphatic carbocycles. The molecule has 1 nitrogen and oxygen atoms in total. The first-order chi connectivity index (χ1) is 10.8. The molecule has 120 valence electrons. The Morgan fingerprint density at radius 2 is 1.73 bits per heavy atom. The molecule has 22 heavy (non-hydrogen) atoms. The summed E-state index contributed by atoms with van der Waals surface area (Å²) in [7, 11) is 0. The van der Waals surface area contributed by atoms with Crippen LogP contribution in [0.2, 0.25) is 0 Å². The summed E-state index contributed by atoms with van der Waals surface area (Å²) in [5.41, 5.74) is 1.78. The van der Waals surface area contributed by atoms with Crippen molar-refractivity contribution in [2.45, 2.75) is 58.3 Å². The molecular formula is C21H30O. The number of benzene rings is 1. The fourth-order valence-electron chi connectivity index (χ4n) is 2.47. The molecule has 0 atom stereocenters. The Bertz CT molecular complexity index is 482. The van der Waals surface area contributed by atoms with Crippen LogP contribution in [0.1, 0.15) is 63.9 Å². The van der Waals surface area contributed by atoms with E-state index in [-0.39, 0.29) is 0 Å². The molecule has 0 spiro atoms. The van der Waals surface area contributed by atoms with Crippen LogP contribution in [0.5, 0.6) is 5.75 Å². The number of hydrogen-bond donors (Lipinski definition) is 1. The summed E-state index contributed by atoms with van der Waals surface area (Å²) in [5.74, 6) is 0.300. The number of unbranched alkanes of at least 4 members (excludes halogenated alkanes) is 7. The molecule has 1 heteroatoms. The van der Waals surface area contributed by atoms with Crippen LogP contribution in [0.25, 0.3) is 5.57 Å². The lowest BCUT2D eigenvalue weighted by Crippen LogP contribution is -1.81. The summed E-state index contributed by atoms with van der Waals surface area (Å²) >= 11 is 0. The van der Waals surface area contributed by atoms with Crippen molar-refractivity contribution in [1.82, 2.24) is 0 Å². The minimum absolute atomic E-state index is 0.300. The van der Waals surface area contributed by atoms with Crippen molar-refractivity contribution in [3.63, 3.8) is 0 Å². The van der Waals surface area contributed by atoms with E-state index < -0.39 is 0 Å². The van der Waals surface area contributed by atoms with E-state index in [1.54, 1.807) is 12.1 Å². The van der Waals surface area contributed by atoms with E-state index in [1.165, 1.54) is 44.9 Å². The first-order valence-corrected chi connectivity index (χ1v) is 8.57. The Kier molecular flexibility index (Phi) is 9.85. The highest BCUT2D eigenvalue weighted by Gasteiger charge is 2.01. The molecule has 0 bridgehead atoms. The maximum atomic E-state index is 9.86. The third-order valence-corrected chi connectivity index (χ3v) is 3.82. The molecule has 0 aromatic heterocycles. The van der Waals surface area contributed by atoms with Crippen LogP contribution in [0.3, 0.4) is 0 Å².